The van der Waals surface area contributed by atoms with Crippen molar-refractivity contribution in [2.45, 2.75) is 30.7 Å². The van der Waals surface area contributed by atoms with Crippen LogP contribution in [0.5, 0.6) is 11.5 Å². The van der Waals surface area contributed by atoms with Crippen molar-refractivity contribution in [3.8, 4) is 11.5 Å². The first kappa shape index (κ1) is 21.2. The minimum Gasteiger partial charge on any atom is -0.493 e. The molecule has 1 heterocycles. The van der Waals surface area contributed by atoms with Crippen LogP contribution in [-0.2, 0) is 10.2 Å². The predicted molar refractivity (Wildman–Crippen MR) is 124 cm³/mol. The van der Waals surface area contributed by atoms with E-state index in [-0.39, 0.29) is 17.4 Å². The van der Waals surface area contributed by atoms with Crippen LogP contribution in [0.3, 0.4) is 0 Å². The lowest BCUT2D eigenvalue weighted by molar-refractivity contribution is 0.0579. The molecule has 5 nitrogen and oxygen atoms in total. The van der Waals surface area contributed by atoms with Crippen LogP contribution in [0.25, 0.3) is 0 Å². The molecular weight excluding hydrogens is 493 g/mol. The first-order chi connectivity index (χ1) is 14.5. The number of nitrogens with zero attached hydrogens (tertiary/aromatic N) is 1. The molecule has 158 valence electrons. The Hall–Kier alpha value is -2.06. The third kappa shape index (κ3) is 3.83. The predicted octanol–water partition coefficient (Wildman–Crippen LogP) is 4.79. The van der Waals surface area contributed by atoms with Crippen LogP contribution in [0.15, 0.2) is 54.3 Å². The Bertz CT molecular complexity index is 972. The minimum atomic E-state index is -0.295. The van der Waals surface area contributed by atoms with E-state index in [0.717, 1.165) is 40.2 Å². The lowest BCUT2D eigenvalue weighted by Crippen LogP contribution is -2.43. The van der Waals surface area contributed by atoms with E-state index >= 15 is 0 Å². The number of rotatable bonds is 5. The van der Waals surface area contributed by atoms with Gasteiger partial charge in [-0.15, -0.1) is 0 Å². The van der Waals surface area contributed by atoms with Crippen LogP contribution in [0.1, 0.15) is 35.2 Å². The Morgan fingerprint density at radius 2 is 1.83 bits per heavy atom. The maximum Gasteiger partial charge on any atom is 0.343 e. The summed E-state index contributed by atoms with van der Waals surface area (Å²) in [6.45, 7) is 1.01. The maximum absolute atomic E-state index is 12.6. The standard InChI is InChI=1S/C24H26INO4/c1-26-13-12-24(17-6-9-20(28-2)21(14-17)29-3)11-10-19(15-22(24)26)30-23(27)16-4-7-18(25)8-5-16/h4-10,14,22H,11-13,15H2,1-3H3/t22-,24-/m0/s1. The Morgan fingerprint density at radius 3 is 2.53 bits per heavy atom. The summed E-state index contributed by atoms with van der Waals surface area (Å²) in [4.78, 5) is 15.0. The molecule has 0 radical (unpaired) electrons. The minimum absolute atomic E-state index is 0.0208. The molecular formula is C24H26INO4. The van der Waals surface area contributed by atoms with Gasteiger partial charge in [-0.1, -0.05) is 6.07 Å². The maximum atomic E-state index is 12.6. The molecule has 0 aromatic heterocycles. The summed E-state index contributed by atoms with van der Waals surface area (Å²) in [5.41, 5.74) is 1.80. The van der Waals surface area contributed by atoms with E-state index in [4.69, 9.17) is 14.2 Å². The molecule has 0 amide bonds. The lowest BCUT2D eigenvalue weighted by atomic mass is 9.68. The van der Waals surface area contributed by atoms with E-state index in [9.17, 15) is 4.79 Å². The molecule has 0 saturated carbocycles. The number of hydrogen-bond donors (Lipinski definition) is 0. The summed E-state index contributed by atoms with van der Waals surface area (Å²) in [6.07, 6.45) is 4.68. The number of esters is 1. The van der Waals surface area contributed by atoms with Crippen molar-refractivity contribution in [2.75, 3.05) is 27.8 Å². The van der Waals surface area contributed by atoms with Gasteiger partial charge in [0.1, 0.15) is 5.76 Å². The highest BCUT2D eigenvalue weighted by atomic mass is 127. The highest BCUT2D eigenvalue weighted by Crippen LogP contribution is 2.49. The molecule has 0 bridgehead atoms. The van der Waals surface area contributed by atoms with Crippen molar-refractivity contribution in [3.63, 3.8) is 0 Å². The summed E-state index contributed by atoms with van der Waals surface area (Å²) >= 11 is 2.22. The second kappa shape index (κ2) is 8.59. The third-order valence-electron chi connectivity index (χ3n) is 6.43. The number of carbonyl (C=O) groups is 1. The van der Waals surface area contributed by atoms with Crippen molar-refractivity contribution < 1.29 is 19.0 Å². The number of halogens is 1. The Labute approximate surface area is 191 Å². The van der Waals surface area contributed by atoms with Gasteiger partial charge in [-0.2, -0.15) is 0 Å². The van der Waals surface area contributed by atoms with Gasteiger partial charge in [-0.05, 0) is 97.1 Å². The number of allylic oxidation sites excluding steroid dienone is 1. The molecule has 0 spiro atoms. The van der Waals surface area contributed by atoms with Gasteiger partial charge in [0.05, 0.1) is 19.8 Å². The zero-order valence-corrected chi connectivity index (χ0v) is 19.6. The van der Waals surface area contributed by atoms with E-state index in [0.29, 0.717) is 12.0 Å². The number of hydrogen-bond acceptors (Lipinski definition) is 5. The van der Waals surface area contributed by atoms with E-state index in [2.05, 4.69) is 52.7 Å². The summed E-state index contributed by atoms with van der Waals surface area (Å²) in [5.74, 6) is 1.95. The van der Waals surface area contributed by atoms with E-state index in [1.807, 2.05) is 30.3 Å². The number of ether oxygens (including phenoxy) is 3. The lowest BCUT2D eigenvalue weighted by Gasteiger charge is -2.40. The molecule has 0 unspecified atom stereocenters. The van der Waals surface area contributed by atoms with Crippen molar-refractivity contribution in [1.82, 2.24) is 4.90 Å². The van der Waals surface area contributed by atoms with Gasteiger partial charge in [0.25, 0.3) is 0 Å². The molecule has 2 atom stereocenters. The van der Waals surface area contributed by atoms with Crippen LogP contribution < -0.4 is 9.47 Å². The molecule has 1 aliphatic carbocycles. The number of methoxy groups -OCH3 is 2. The van der Waals surface area contributed by atoms with Gasteiger partial charge in [0.2, 0.25) is 0 Å². The van der Waals surface area contributed by atoms with Gasteiger partial charge in [-0.3, -0.25) is 0 Å². The molecule has 0 N–H and O–H groups in total. The highest BCUT2D eigenvalue weighted by molar-refractivity contribution is 14.1. The molecule has 2 aliphatic rings. The third-order valence-corrected chi connectivity index (χ3v) is 7.15. The molecule has 30 heavy (non-hydrogen) atoms. The second-order valence-corrected chi connectivity index (χ2v) is 9.19. The van der Waals surface area contributed by atoms with E-state index in [1.165, 1.54) is 5.56 Å². The van der Waals surface area contributed by atoms with Gasteiger partial charge >= 0.3 is 5.97 Å². The highest BCUT2D eigenvalue weighted by Gasteiger charge is 2.49. The SMILES string of the molecule is COc1ccc([C@@]23CC=C(OC(=O)c4ccc(I)cc4)C[C@@H]2N(C)CC3)cc1OC. The van der Waals surface area contributed by atoms with Crippen LogP contribution in [0.4, 0.5) is 0 Å². The Kier molecular flexibility index (Phi) is 6.06. The summed E-state index contributed by atoms with van der Waals surface area (Å²) in [5, 5.41) is 0. The quantitative estimate of drug-likeness (QED) is 0.420. The van der Waals surface area contributed by atoms with Crippen molar-refractivity contribution in [1.29, 1.82) is 0 Å². The zero-order chi connectivity index (χ0) is 21.3. The van der Waals surface area contributed by atoms with E-state index in [1.54, 1.807) is 14.2 Å². The molecule has 1 saturated heterocycles. The summed E-state index contributed by atoms with van der Waals surface area (Å²) in [7, 11) is 5.47. The monoisotopic (exact) mass is 519 g/mol. The van der Waals surface area contributed by atoms with Crippen molar-refractivity contribution >= 4 is 28.6 Å². The normalized spacial score (nSPS) is 23.5. The summed E-state index contributed by atoms with van der Waals surface area (Å²) < 4.78 is 17.8. The molecule has 2 aromatic rings. The first-order valence-corrected chi connectivity index (χ1v) is 11.1. The number of fused-ring (bicyclic) bond motifs is 1. The summed E-state index contributed by atoms with van der Waals surface area (Å²) in [6, 6.07) is 13.9. The van der Waals surface area contributed by atoms with Crippen LogP contribution in [0.2, 0.25) is 0 Å². The first-order valence-electron chi connectivity index (χ1n) is 10.1. The molecule has 2 aromatic carbocycles. The van der Waals surface area contributed by atoms with Gasteiger partial charge in [0.15, 0.2) is 11.5 Å². The van der Waals surface area contributed by atoms with Crippen LogP contribution in [-0.4, -0.2) is 44.7 Å². The largest absolute Gasteiger partial charge is 0.493 e. The van der Waals surface area contributed by atoms with Crippen molar-refractivity contribution in [2.24, 2.45) is 0 Å². The molecule has 1 fully saturated rings. The zero-order valence-electron chi connectivity index (χ0n) is 17.5. The van der Waals surface area contributed by atoms with Crippen molar-refractivity contribution in [3.05, 3.63) is 69.0 Å². The topological polar surface area (TPSA) is 48.0 Å². The van der Waals surface area contributed by atoms with Gasteiger partial charge in [-0.25, -0.2) is 4.79 Å². The fourth-order valence-corrected chi connectivity index (χ4v) is 5.09. The second-order valence-electron chi connectivity index (χ2n) is 7.95. The van der Waals surface area contributed by atoms with Gasteiger partial charge in [0, 0.05) is 21.4 Å². The van der Waals surface area contributed by atoms with E-state index < -0.39 is 0 Å². The smallest absolute Gasteiger partial charge is 0.343 e. The Balaban J connectivity index is 1.60. The molecule has 6 heteroatoms. The Morgan fingerprint density at radius 1 is 1.10 bits per heavy atom. The fourth-order valence-electron chi connectivity index (χ4n) is 4.73. The average molecular weight is 519 g/mol. The molecule has 1 aliphatic heterocycles. The van der Waals surface area contributed by atoms with Gasteiger partial charge < -0.3 is 19.1 Å². The number of carbonyl (C=O) groups excluding carboxylic acids is 1. The van der Waals surface area contributed by atoms with Crippen LogP contribution in [0, 0.1) is 3.57 Å². The van der Waals surface area contributed by atoms with Crippen LogP contribution >= 0.6 is 22.6 Å². The number of benzene rings is 2. The molecule has 4 rings (SSSR count). The average Bonchev–Trinajstić information content (AvgIpc) is 3.11. The fraction of sp³-hybridized carbons (Fsp3) is 0.375. The number of likely N-dealkylation sites (N-methyl/N-ethyl adjacent to an activating group) is 1. The number of likely N-dealkylation sites (tertiary alicyclic amines) is 1.